The first kappa shape index (κ1) is 16.2. The summed E-state index contributed by atoms with van der Waals surface area (Å²) in [7, 11) is 3.21. The Kier molecular flexibility index (Phi) is 4.09. The zero-order chi connectivity index (χ0) is 18.1. The van der Waals surface area contributed by atoms with E-state index in [-0.39, 0.29) is 5.75 Å². The van der Waals surface area contributed by atoms with Crippen LogP contribution in [-0.4, -0.2) is 24.3 Å². The monoisotopic (exact) mass is 345 g/mol. The van der Waals surface area contributed by atoms with Crippen molar-refractivity contribution in [2.24, 2.45) is 0 Å². The smallest absolute Gasteiger partial charge is 0.161 e. The van der Waals surface area contributed by atoms with E-state index in [0.29, 0.717) is 5.75 Å². The highest BCUT2D eigenvalue weighted by Gasteiger charge is 2.12. The predicted octanol–water partition coefficient (Wildman–Crippen LogP) is 4.70. The molecule has 0 atom stereocenters. The first-order valence-electron chi connectivity index (χ1n) is 8.40. The molecule has 3 aromatic carbocycles. The summed E-state index contributed by atoms with van der Waals surface area (Å²) in [4.78, 5) is 4.45. The van der Waals surface area contributed by atoms with Gasteiger partial charge in [0.05, 0.1) is 14.2 Å². The van der Waals surface area contributed by atoms with Crippen LogP contribution in [0.5, 0.6) is 17.2 Å². The van der Waals surface area contributed by atoms with Crippen LogP contribution >= 0.6 is 0 Å². The molecule has 1 aromatic heterocycles. The van der Waals surface area contributed by atoms with Crippen molar-refractivity contribution in [2.75, 3.05) is 14.2 Å². The second-order valence-corrected chi connectivity index (χ2v) is 6.19. The number of benzene rings is 3. The highest BCUT2D eigenvalue weighted by Crippen LogP contribution is 2.38. The average Bonchev–Trinajstić information content (AvgIpc) is 2.68. The summed E-state index contributed by atoms with van der Waals surface area (Å²) < 4.78 is 10.7. The molecule has 0 aliphatic rings. The molecule has 0 spiro atoms. The molecule has 130 valence electrons. The summed E-state index contributed by atoms with van der Waals surface area (Å²) in [6.45, 7) is 0. The zero-order valence-corrected chi connectivity index (χ0v) is 14.7. The highest BCUT2D eigenvalue weighted by molar-refractivity contribution is 6.10. The van der Waals surface area contributed by atoms with Gasteiger partial charge in [-0.1, -0.05) is 12.1 Å². The molecule has 1 heterocycles. The van der Waals surface area contributed by atoms with Gasteiger partial charge in [0, 0.05) is 18.3 Å². The molecule has 1 N–H and O–H groups in total. The molecule has 0 radical (unpaired) electrons. The Hall–Kier alpha value is -3.27. The molecule has 0 fully saturated rings. The fourth-order valence-electron chi connectivity index (χ4n) is 3.36. The fraction of sp³-hybridized carbons (Fsp3) is 0.136. The van der Waals surface area contributed by atoms with Crippen molar-refractivity contribution in [3.63, 3.8) is 0 Å². The normalized spacial score (nSPS) is 11.0. The fourth-order valence-corrected chi connectivity index (χ4v) is 3.36. The molecule has 4 rings (SSSR count). The number of nitrogens with zero attached hydrogens (tertiary/aromatic N) is 1. The number of phenolic OH excluding ortho intramolecular Hbond substituents is 1. The highest BCUT2D eigenvalue weighted by atomic mass is 16.5. The molecule has 4 heteroatoms. The van der Waals surface area contributed by atoms with Gasteiger partial charge >= 0.3 is 0 Å². The SMILES string of the molecule is COc1ccc2c(Cc3ccccn3)cc3cc(OC)c(O)cc3c2c1. The predicted molar refractivity (Wildman–Crippen MR) is 103 cm³/mol. The third-order valence-electron chi connectivity index (χ3n) is 4.64. The number of aromatic hydroxyl groups is 1. The summed E-state index contributed by atoms with van der Waals surface area (Å²) >= 11 is 0. The Bertz CT molecular complexity index is 1090. The van der Waals surface area contributed by atoms with Crippen LogP contribution in [0.3, 0.4) is 0 Å². The minimum absolute atomic E-state index is 0.126. The van der Waals surface area contributed by atoms with Crippen molar-refractivity contribution in [1.29, 1.82) is 0 Å². The van der Waals surface area contributed by atoms with Gasteiger partial charge in [0.1, 0.15) is 5.75 Å². The van der Waals surface area contributed by atoms with E-state index in [1.54, 1.807) is 20.3 Å². The molecular weight excluding hydrogens is 326 g/mol. The standard InChI is InChI=1S/C22H19NO3/c1-25-17-6-7-18-14(10-16-5-3-4-8-23-16)9-15-11-22(26-2)21(24)13-19(15)20(18)12-17/h3-9,11-13,24H,10H2,1-2H3. The lowest BCUT2D eigenvalue weighted by Gasteiger charge is -2.13. The lowest BCUT2D eigenvalue weighted by Crippen LogP contribution is -1.95. The number of hydrogen-bond acceptors (Lipinski definition) is 4. The summed E-state index contributed by atoms with van der Waals surface area (Å²) in [6.07, 6.45) is 2.53. The van der Waals surface area contributed by atoms with E-state index in [1.807, 2.05) is 42.6 Å². The number of hydrogen-bond donors (Lipinski definition) is 1. The maximum atomic E-state index is 10.2. The van der Waals surface area contributed by atoms with Gasteiger partial charge in [-0.25, -0.2) is 0 Å². The van der Waals surface area contributed by atoms with E-state index in [9.17, 15) is 5.11 Å². The van der Waals surface area contributed by atoms with Crippen LogP contribution in [0.4, 0.5) is 0 Å². The molecular formula is C22H19NO3. The second-order valence-electron chi connectivity index (χ2n) is 6.19. The molecule has 26 heavy (non-hydrogen) atoms. The Morgan fingerprint density at radius 3 is 2.50 bits per heavy atom. The van der Waals surface area contributed by atoms with Gasteiger partial charge in [-0.15, -0.1) is 0 Å². The first-order valence-corrected chi connectivity index (χ1v) is 8.40. The number of ether oxygens (including phenoxy) is 2. The lowest BCUT2D eigenvalue weighted by atomic mass is 9.94. The quantitative estimate of drug-likeness (QED) is 0.545. The van der Waals surface area contributed by atoms with Gasteiger partial charge in [-0.3, -0.25) is 4.98 Å². The van der Waals surface area contributed by atoms with Crippen LogP contribution in [0.25, 0.3) is 21.5 Å². The molecule has 0 saturated carbocycles. The van der Waals surface area contributed by atoms with Crippen LogP contribution in [-0.2, 0) is 6.42 Å². The Morgan fingerprint density at radius 1 is 0.885 bits per heavy atom. The van der Waals surface area contributed by atoms with Crippen LogP contribution in [0.1, 0.15) is 11.3 Å². The first-order chi connectivity index (χ1) is 12.7. The molecule has 0 saturated heterocycles. The average molecular weight is 345 g/mol. The minimum atomic E-state index is 0.126. The largest absolute Gasteiger partial charge is 0.504 e. The number of rotatable bonds is 4. The molecule has 0 aliphatic heterocycles. The minimum Gasteiger partial charge on any atom is -0.504 e. The van der Waals surface area contributed by atoms with Crippen molar-refractivity contribution in [1.82, 2.24) is 4.98 Å². The summed E-state index contributed by atoms with van der Waals surface area (Å²) in [6, 6.07) is 17.7. The second kappa shape index (κ2) is 6.56. The summed E-state index contributed by atoms with van der Waals surface area (Å²) in [5.41, 5.74) is 2.18. The van der Waals surface area contributed by atoms with Crippen molar-refractivity contribution < 1.29 is 14.6 Å². The van der Waals surface area contributed by atoms with Crippen LogP contribution in [0, 0.1) is 0 Å². The third-order valence-corrected chi connectivity index (χ3v) is 4.64. The topological polar surface area (TPSA) is 51.6 Å². The number of phenols is 1. The molecule has 4 nitrogen and oxygen atoms in total. The van der Waals surface area contributed by atoms with Crippen molar-refractivity contribution in [2.45, 2.75) is 6.42 Å². The number of pyridine rings is 1. The Balaban J connectivity index is 2.01. The van der Waals surface area contributed by atoms with E-state index in [0.717, 1.165) is 39.4 Å². The lowest BCUT2D eigenvalue weighted by molar-refractivity contribution is 0.374. The molecule has 0 amide bonds. The third kappa shape index (κ3) is 2.80. The van der Waals surface area contributed by atoms with E-state index < -0.39 is 0 Å². The van der Waals surface area contributed by atoms with E-state index in [4.69, 9.17) is 9.47 Å². The molecule has 0 bridgehead atoms. The summed E-state index contributed by atoms with van der Waals surface area (Å²) in [5, 5.41) is 14.4. The van der Waals surface area contributed by atoms with Crippen LogP contribution in [0.2, 0.25) is 0 Å². The zero-order valence-electron chi connectivity index (χ0n) is 14.7. The van der Waals surface area contributed by atoms with Gasteiger partial charge in [-0.05, 0) is 69.6 Å². The van der Waals surface area contributed by atoms with Gasteiger partial charge < -0.3 is 14.6 Å². The molecule has 0 unspecified atom stereocenters. The maximum absolute atomic E-state index is 10.2. The van der Waals surface area contributed by atoms with Crippen molar-refractivity contribution in [3.05, 3.63) is 72.1 Å². The van der Waals surface area contributed by atoms with Gasteiger partial charge in [-0.2, -0.15) is 0 Å². The van der Waals surface area contributed by atoms with Crippen LogP contribution < -0.4 is 9.47 Å². The number of aromatic nitrogens is 1. The van der Waals surface area contributed by atoms with Crippen molar-refractivity contribution in [3.8, 4) is 17.2 Å². The van der Waals surface area contributed by atoms with Gasteiger partial charge in [0.2, 0.25) is 0 Å². The maximum Gasteiger partial charge on any atom is 0.161 e. The summed E-state index contributed by atoms with van der Waals surface area (Å²) in [5.74, 6) is 1.37. The van der Waals surface area contributed by atoms with Gasteiger partial charge in [0.25, 0.3) is 0 Å². The van der Waals surface area contributed by atoms with Gasteiger partial charge in [0.15, 0.2) is 11.5 Å². The molecule has 4 aromatic rings. The number of fused-ring (bicyclic) bond motifs is 3. The van der Waals surface area contributed by atoms with Crippen LogP contribution in [0.15, 0.2) is 60.8 Å². The Labute approximate surface area is 151 Å². The van der Waals surface area contributed by atoms with E-state index in [1.165, 1.54) is 5.56 Å². The van der Waals surface area contributed by atoms with E-state index in [2.05, 4.69) is 17.1 Å². The van der Waals surface area contributed by atoms with E-state index >= 15 is 0 Å². The van der Waals surface area contributed by atoms with Crippen molar-refractivity contribution >= 4 is 21.5 Å². The molecule has 0 aliphatic carbocycles. The number of methoxy groups -OCH3 is 2. The Morgan fingerprint density at radius 2 is 1.77 bits per heavy atom.